The van der Waals surface area contributed by atoms with Crippen LogP contribution >= 0.6 is 12.2 Å². The lowest BCUT2D eigenvalue weighted by Crippen LogP contribution is -2.35. The molecule has 0 saturated carbocycles. The zero-order chi connectivity index (χ0) is 16.5. The van der Waals surface area contributed by atoms with Crippen molar-refractivity contribution >= 4 is 23.6 Å². The summed E-state index contributed by atoms with van der Waals surface area (Å²) in [4.78, 5) is 11.2. The van der Waals surface area contributed by atoms with E-state index in [0.29, 0.717) is 11.5 Å². The minimum atomic E-state index is -0.585. The molecule has 0 heterocycles. The zero-order valence-corrected chi connectivity index (χ0v) is 13.5. The van der Waals surface area contributed by atoms with Crippen LogP contribution in [0.5, 0.6) is 0 Å². The number of allylic oxidation sites excluding steroid dienone is 2. The third-order valence-corrected chi connectivity index (χ3v) is 2.80. The predicted molar refractivity (Wildman–Crippen MR) is 87.9 cm³/mol. The standard InChI is InChI=1S/C16H22O4S/c1-7-15(17)20-11-16(6,9-18-13(4)8-21)10-19-14(5)12(2)3/h7-8H,1-2,4-5,9-11H2,3,6H3. The van der Waals surface area contributed by atoms with E-state index in [-0.39, 0.29) is 19.8 Å². The summed E-state index contributed by atoms with van der Waals surface area (Å²) in [6.45, 7) is 18.7. The summed E-state index contributed by atoms with van der Waals surface area (Å²) in [6.07, 6.45) is 1.10. The number of carbonyl (C=O) groups excluding carboxylic acids is 1. The topological polar surface area (TPSA) is 44.8 Å². The number of esters is 1. The molecule has 0 N–H and O–H groups in total. The van der Waals surface area contributed by atoms with Crippen LogP contribution in [0.3, 0.4) is 0 Å². The molecule has 1 unspecified atom stereocenters. The monoisotopic (exact) mass is 310 g/mol. The van der Waals surface area contributed by atoms with Gasteiger partial charge in [0.15, 0.2) is 0 Å². The quantitative estimate of drug-likeness (QED) is 0.192. The summed E-state index contributed by atoms with van der Waals surface area (Å²) in [7, 11) is 0. The van der Waals surface area contributed by atoms with Gasteiger partial charge in [-0.1, -0.05) is 38.5 Å². The highest BCUT2D eigenvalue weighted by atomic mass is 32.1. The average Bonchev–Trinajstić information content (AvgIpc) is 2.47. The fourth-order valence-corrected chi connectivity index (χ4v) is 1.18. The first-order valence-electron chi connectivity index (χ1n) is 6.28. The molecule has 0 rings (SSSR count). The smallest absolute Gasteiger partial charge is 0.330 e. The van der Waals surface area contributed by atoms with E-state index in [1.807, 2.05) is 6.92 Å². The fraction of sp³-hybridized carbons (Fsp3) is 0.375. The van der Waals surface area contributed by atoms with Crippen LogP contribution in [0.2, 0.25) is 0 Å². The first-order valence-corrected chi connectivity index (χ1v) is 6.75. The molecule has 0 aliphatic heterocycles. The summed E-state index contributed by atoms with van der Waals surface area (Å²) in [5, 5.41) is 1.34. The molecule has 1 atom stereocenters. The van der Waals surface area contributed by atoms with Crippen molar-refractivity contribution in [2.45, 2.75) is 13.8 Å². The van der Waals surface area contributed by atoms with Crippen LogP contribution in [0.25, 0.3) is 0 Å². The van der Waals surface area contributed by atoms with E-state index in [1.54, 1.807) is 6.92 Å². The van der Waals surface area contributed by atoms with E-state index in [2.05, 4.69) is 26.3 Å². The molecule has 4 nitrogen and oxygen atoms in total. The molecule has 0 fully saturated rings. The summed E-state index contributed by atoms with van der Waals surface area (Å²) < 4.78 is 16.0. The molecule has 0 aromatic heterocycles. The number of rotatable bonds is 11. The molecule has 0 radical (unpaired) electrons. The van der Waals surface area contributed by atoms with Crippen molar-refractivity contribution in [2.75, 3.05) is 19.8 Å². The lowest BCUT2D eigenvalue weighted by Gasteiger charge is -2.29. The number of hydrogen-bond donors (Lipinski definition) is 0. The maximum atomic E-state index is 11.2. The molecule has 0 aliphatic rings. The Labute approximate surface area is 131 Å². The number of hydrogen-bond acceptors (Lipinski definition) is 5. The summed E-state index contributed by atoms with van der Waals surface area (Å²) in [6, 6.07) is 0. The summed E-state index contributed by atoms with van der Waals surface area (Å²) in [5.41, 5.74) is 0.142. The van der Waals surface area contributed by atoms with Crippen LogP contribution in [-0.4, -0.2) is 31.2 Å². The number of carbonyl (C=O) groups is 1. The normalized spacial score (nSPS) is 12.5. The second kappa shape index (κ2) is 9.13. The van der Waals surface area contributed by atoms with Crippen molar-refractivity contribution in [2.24, 2.45) is 5.41 Å². The third kappa shape index (κ3) is 8.09. The molecule has 0 bridgehead atoms. The van der Waals surface area contributed by atoms with E-state index in [9.17, 15) is 4.79 Å². The molecule has 0 aromatic rings. The van der Waals surface area contributed by atoms with Crippen LogP contribution in [0, 0.1) is 5.41 Å². The molecule has 0 saturated heterocycles. The molecule has 0 aliphatic carbocycles. The van der Waals surface area contributed by atoms with Gasteiger partial charge in [-0.05, 0) is 19.4 Å². The van der Waals surface area contributed by atoms with Crippen molar-refractivity contribution < 1.29 is 19.0 Å². The van der Waals surface area contributed by atoms with E-state index < -0.39 is 11.4 Å². The van der Waals surface area contributed by atoms with Gasteiger partial charge < -0.3 is 14.2 Å². The highest BCUT2D eigenvalue weighted by molar-refractivity contribution is 7.79. The molecule has 116 valence electrons. The van der Waals surface area contributed by atoms with Crippen LogP contribution in [0.1, 0.15) is 13.8 Å². The highest BCUT2D eigenvalue weighted by Gasteiger charge is 2.29. The Morgan fingerprint density at radius 3 is 2.14 bits per heavy atom. The lowest BCUT2D eigenvalue weighted by molar-refractivity contribution is -0.143. The van der Waals surface area contributed by atoms with Crippen molar-refractivity contribution in [1.82, 2.24) is 0 Å². The van der Waals surface area contributed by atoms with Crippen LogP contribution in [0.4, 0.5) is 0 Å². The van der Waals surface area contributed by atoms with Gasteiger partial charge in [0.2, 0.25) is 0 Å². The van der Waals surface area contributed by atoms with Crippen LogP contribution < -0.4 is 0 Å². The van der Waals surface area contributed by atoms with Gasteiger partial charge in [0, 0.05) is 11.4 Å². The molecular formula is C16H22O4S. The van der Waals surface area contributed by atoms with Gasteiger partial charge in [-0.3, -0.25) is 0 Å². The van der Waals surface area contributed by atoms with E-state index in [1.165, 1.54) is 5.37 Å². The van der Waals surface area contributed by atoms with Gasteiger partial charge in [-0.2, -0.15) is 0 Å². The fourth-order valence-electron chi connectivity index (χ4n) is 1.11. The van der Waals surface area contributed by atoms with Crippen molar-refractivity contribution in [3.05, 3.63) is 49.5 Å². The maximum Gasteiger partial charge on any atom is 0.330 e. The predicted octanol–water partition coefficient (Wildman–Crippen LogP) is 3.36. The SMILES string of the molecule is C=CC(=O)OCC(C)(COC(=C)C=S)COC(=C)C(=C)C. The molecule has 0 aromatic carbocycles. The Hall–Kier alpha value is -1.88. The molecular weight excluding hydrogens is 288 g/mol. The van der Waals surface area contributed by atoms with Gasteiger partial charge >= 0.3 is 5.97 Å². The minimum Gasteiger partial charge on any atom is -0.493 e. The number of thiocarbonyl (C=S) groups is 1. The molecule has 0 amide bonds. The number of ether oxygens (including phenoxy) is 3. The third-order valence-electron chi connectivity index (χ3n) is 2.54. The van der Waals surface area contributed by atoms with Gasteiger partial charge in [-0.15, -0.1) is 0 Å². The second-order valence-corrected chi connectivity index (χ2v) is 5.22. The Morgan fingerprint density at radius 1 is 1.14 bits per heavy atom. The largest absolute Gasteiger partial charge is 0.493 e. The summed E-state index contributed by atoms with van der Waals surface area (Å²) >= 11 is 4.72. The zero-order valence-electron chi connectivity index (χ0n) is 12.6. The van der Waals surface area contributed by atoms with Gasteiger partial charge in [0.1, 0.15) is 31.3 Å². The van der Waals surface area contributed by atoms with Gasteiger partial charge in [0.25, 0.3) is 0 Å². The summed E-state index contributed by atoms with van der Waals surface area (Å²) in [5.74, 6) is 0.337. The van der Waals surface area contributed by atoms with Crippen molar-refractivity contribution in [3.8, 4) is 0 Å². The lowest BCUT2D eigenvalue weighted by atomic mass is 9.94. The maximum absolute atomic E-state index is 11.2. The average molecular weight is 310 g/mol. The van der Waals surface area contributed by atoms with E-state index in [0.717, 1.165) is 11.6 Å². The second-order valence-electron chi connectivity index (χ2n) is 4.99. The molecule has 0 spiro atoms. The van der Waals surface area contributed by atoms with Crippen molar-refractivity contribution in [3.63, 3.8) is 0 Å². The Kier molecular flexibility index (Phi) is 8.31. The first-order chi connectivity index (χ1) is 9.74. The van der Waals surface area contributed by atoms with Gasteiger partial charge in [-0.25, -0.2) is 4.79 Å². The Bertz CT molecular complexity index is 427. The van der Waals surface area contributed by atoms with Gasteiger partial charge in [0.05, 0.1) is 5.41 Å². The van der Waals surface area contributed by atoms with Crippen molar-refractivity contribution in [1.29, 1.82) is 0 Å². The highest BCUT2D eigenvalue weighted by Crippen LogP contribution is 2.22. The Balaban J connectivity index is 4.71. The molecule has 21 heavy (non-hydrogen) atoms. The first kappa shape index (κ1) is 19.1. The van der Waals surface area contributed by atoms with E-state index >= 15 is 0 Å². The minimum absolute atomic E-state index is 0.103. The molecule has 5 heteroatoms. The van der Waals surface area contributed by atoms with Crippen LogP contribution in [0.15, 0.2) is 49.5 Å². The van der Waals surface area contributed by atoms with E-state index in [4.69, 9.17) is 26.4 Å². The Morgan fingerprint density at radius 2 is 1.67 bits per heavy atom. The van der Waals surface area contributed by atoms with Crippen LogP contribution in [-0.2, 0) is 19.0 Å².